The van der Waals surface area contributed by atoms with Crippen LogP contribution in [-0.4, -0.2) is 8.75 Å². The Balaban J connectivity index is 2.23. The average molecular weight is 233 g/mol. The number of nitrogens with zero attached hydrogens (tertiary/aromatic N) is 2. The highest BCUT2D eigenvalue weighted by molar-refractivity contribution is 6.99. The van der Waals surface area contributed by atoms with Gasteiger partial charge < -0.3 is 5.73 Å². The maximum Gasteiger partial charge on any atom is 0.165 e. The van der Waals surface area contributed by atoms with E-state index < -0.39 is 0 Å². The van der Waals surface area contributed by atoms with Crippen LogP contribution in [0.25, 0.3) is 11.3 Å². The zero-order valence-electron chi connectivity index (χ0n) is 9.47. The van der Waals surface area contributed by atoms with Gasteiger partial charge in [-0.2, -0.15) is 8.75 Å². The van der Waals surface area contributed by atoms with Crippen LogP contribution in [0.4, 0.5) is 5.82 Å². The lowest BCUT2D eigenvalue weighted by atomic mass is 10.0. The molecule has 3 nitrogen and oxygen atoms in total. The van der Waals surface area contributed by atoms with E-state index in [1.807, 2.05) is 0 Å². The van der Waals surface area contributed by atoms with Crippen molar-refractivity contribution in [2.24, 2.45) is 5.92 Å². The first-order chi connectivity index (χ1) is 7.66. The van der Waals surface area contributed by atoms with Gasteiger partial charge in [0.1, 0.15) is 5.69 Å². The van der Waals surface area contributed by atoms with Gasteiger partial charge in [0.2, 0.25) is 0 Å². The highest BCUT2D eigenvalue weighted by atomic mass is 32.1. The molecule has 0 saturated heterocycles. The van der Waals surface area contributed by atoms with E-state index in [1.54, 1.807) is 0 Å². The van der Waals surface area contributed by atoms with Crippen molar-refractivity contribution in [1.82, 2.24) is 8.75 Å². The van der Waals surface area contributed by atoms with Crippen LogP contribution in [0, 0.1) is 5.92 Å². The van der Waals surface area contributed by atoms with Crippen LogP contribution in [0.15, 0.2) is 24.3 Å². The summed E-state index contributed by atoms with van der Waals surface area (Å²) in [6, 6.07) is 8.39. The van der Waals surface area contributed by atoms with E-state index in [0.717, 1.165) is 29.4 Å². The summed E-state index contributed by atoms with van der Waals surface area (Å²) in [6.45, 7) is 4.44. The minimum Gasteiger partial charge on any atom is -0.381 e. The maximum atomic E-state index is 5.73. The summed E-state index contributed by atoms with van der Waals surface area (Å²) in [5, 5.41) is 0. The molecule has 0 saturated carbocycles. The normalized spacial score (nSPS) is 10.9. The van der Waals surface area contributed by atoms with Crippen LogP contribution >= 0.6 is 11.7 Å². The summed E-state index contributed by atoms with van der Waals surface area (Å²) in [7, 11) is 0. The molecule has 1 aromatic heterocycles. The minimum absolute atomic E-state index is 0.515. The Morgan fingerprint density at radius 2 is 1.88 bits per heavy atom. The fourth-order valence-corrected chi connectivity index (χ4v) is 2.16. The zero-order valence-corrected chi connectivity index (χ0v) is 10.3. The molecule has 2 aromatic rings. The van der Waals surface area contributed by atoms with E-state index in [9.17, 15) is 0 Å². The highest BCUT2D eigenvalue weighted by Gasteiger charge is 2.07. The third-order valence-electron chi connectivity index (χ3n) is 2.39. The van der Waals surface area contributed by atoms with Gasteiger partial charge in [0, 0.05) is 5.56 Å². The molecule has 0 atom stereocenters. The fourth-order valence-electron chi connectivity index (χ4n) is 1.67. The number of aromatic nitrogens is 2. The molecule has 16 heavy (non-hydrogen) atoms. The van der Waals surface area contributed by atoms with Crippen LogP contribution in [0.3, 0.4) is 0 Å². The van der Waals surface area contributed by atoms with Gasteiger partial charge in [-0.25, -0.2) is 0 Å². The standard InChI is InChI=1S/C12H15N3S/c1-8(2)7-9-3-5-10(6-4-9)11-12(13)15-16-14-11/h3-6,8H,7H2,1-2H3,(H2,13,15). The first kappa shape index (κ1) is 11.1. The lowest BCUT2D eigenvalue weighted by Crippen LogP contribution is -1.94. The van der Waals surface area contributed by atoms with Crippen molar-refractivity contribution >= 4 is 17.5 Å². The quantitative estimate of drug-likeness (QED) is 0.886. The largest absolute Gasteiger partial charge is 0.381 e. The predicted octanol–water partition coefficient (Wildman–Crippen LogP) is 2.99. The van der Waals surface area contributed by atoms with Gasteiger partial charge >= 0.3 is 0 Å². The number of anilines is 1. The highest BCUT2D eigenvalue weighted by Crippen LogP contribution is 2.24. The Hall–Kier alpha value is -1.42. The second-order valence-corrected chi connectivity index (χ2v) is 4.82. The summed E-state index contributed by atoms with van der Waals surface area (Å²) < 4.78 is 8.15. The number of nitrogens with two attached hydrogens (primary N) is 1. The maximum absolute atomic E-state index is 5.73. The Labute approximate surface area is 99.6 Å². The molecule has 0 unspecified atom stereocenters. The Bertz CT molecular complexity index is 459. The van der Waals surface area contributed by atoms with Crippen LogP contribution in [0.1, 0.15) is 19.4 Å². The molecule has 4 heteroatoms. The number of nitrogen functional groups attached to an aromatic ring is 1. The molecular formula is C12H15N3S. The molecule has 0 radical (unpaired) electrons. The van der Waals surface area contributed by atoms with E-state index in [4.69, 9.17) is 5.73 Å². The molecule has 0 bridgehead atoms. The monoisotopic (exact) mass is 233 g/mol. The lowest BCUT2D eigenvalue weighted by Gasteiger charge is -2.05. The van der Waals surface area contributed by atoms with E-state index in [1.165, 1.54) is 5.56 Å². The molecular weight excluding hydrogens is 218 g/mol. The summed E-state index contributed by atoms with van der Waals surface area (Å²) >= 11 is 1.15. The number of hydrogen-bond donors (Lipinski definition) is 1. The van der Waals surface area contributed by atoms with Crippen LogP contribution in [-0.2, 0) is 6.42 Å². The van der Waals surface area contributed by atoms with Gasteiger partial charge in [0.05, 0.1) is 11.7 Å². The van der Waals surface area contributed by atoms with Gasteiger partial charge in [0.25, 0.3) is 0 Å². The predicted molar refractivity (Wildman–Crippen MR) is 68.3 cm³/mol. The third-order valence-corrected chi connectivity index (χ3v) is 2.93. The number of rotatable bonds is 3. The molecule has 0 amide bonds. The summed E-state index contributed by atoms with van der Waals surface area (Å²) in [4.78, 5) is 0. The summed E-state index contributed by atoms with van der Waals surface area (Å²) in [5.41, 5.74) is 8.91. The first-order valence-corrected chi connectivity index (χ1v) is 6.07. The summed E-state index contributed by atoms with van der Waals surface area (Å²) in [6.07, 6.45) is 1.10. The van der Waals surface area contributed by atoms with Crippen molar-refractivity contribution in [2.75, 3.05) is 5.73 Å². The average Bonchev–Trinajstić information content (AvgIpc) is 2.65. The third kappa shape index (κ3) is 2.39. The van der Waals surface area contributed by atoms with Gasteiger partial charge in [-0.1, -0.05) is 38.1 Å². The minimum atomic E-state index is 0.515. The topological polar surface area (TPSA) is 51.8 Å². The van der Waals surface area contributed by atoms with E-state index in [0.29, 0.717) is 11.7 Å². The van der Waals surface area contributed by atoms with Crippen molar-refractivity contribution in [3.63, 3.8) is 0 Å². The summed E-state index contributed by atoms with van der Waals surface area (Å²) in [5.74, 6) is 1.19. The SMILES string of the molecule is CC(C)Cc1ccc(-c2nsnc2N)cc1. The molecule has 0 aliphatic rings. The molecule has 1 aromatic carbocycles. The van der Waals surface area contributed by atoms with E-state index >= 15 is 0 Å². The molecule has 0 fully saturated rings. The van der Waals surface area contributed by atoms with Crippen molar-refractivity contribution < 1.29 is 0 Å². The molecule has 0 aliphatic carbocycles. The molecule has 0 spiro atoms. The van der Waals surface area contributed by atoms with Gasteiger partial charge in [-0.3, -0.25) is 0 Å². The van der Waals surface area contributed by atoms with Crippen LogP contribution in [0.2, 0.25) is 0 Å². The Kier molecular flexibility index (Phi) is 3.19. The second kappa shape index (κ2) is 4.61. The number of hydrogen-bond acceptors (Lipinski definition) is 4. The van der Waals surface area contributed by atoms with Crippen LogP contribution < -0.4 is 5.73 Å². The Morgan fingerprint density at radius 1 is 1.19 bits per heavy atom. The van der Waals surface area contributed by atoms with Crippen molar-refractivity contribution in [2.45, 2.75) is 20.3 Å². The van der Waals surface area contributed by atoms with Gasteiger partial charge in [-0.05, 0) is 17.9 Å². The number of benzene rings is 1. The van der Waals surface area contributed by atoms with Crippen molar-refractivity contribution in [3.05, 3.63) is 29.8 Å². The van der Waals surface area contributed by atoms with Crippen LogP contribution in [0.5, 0.6) is 0 Å². The smallest absolute Gasteiger partial charge is 0.165 e. The van der Waals surface area contributed by atoms with E-state index in [-0.39, 0.29) is 0 Å². The molecule has 84 valence electrons. The van der Waals surface area contributed by atoms with E-state index in [2.05, 4.69) is 46.9 Å². The molecule has 1 heterocycles. The second-order valence-electron chi connectivity index (χ2n) is 4.29. The van der Waals surface area contributed by atoms with Gasteiger partial charge in [0.15, 0.2) is 5.82 Å². The molecule has 0 aliphatic heterocycles. The lowest BCUT2D eigenvalue weighted by molar-refractivity contribution is 0.647. The fraction of sp³-hybridized carbons (Fsp3) is 0.333. The zero-order chi connectivity index (χ0) is 11.5. The molecule has 2 rings (SSSR count). The van der Waals surface area contributed by atoms with Gasteiger partial charge in [-0.15, -0.1) is 0 Å². The first-order valence-electron chi connectivity index (χ1n) is 5.34. The Morgan fingerprint density at radius 3 is 2.38 bits per heavy atom. The van der Waals surface area contributed by atoms with Crippen molar-refractivity contribution in [3.8, 4) is 11.3 Å². The molecule has 2 N–H and O–H groups in total. The van der Waals surface area contributed by atoms with Crippen molar-refractivity contribution in [1.29, 1.82) is 0 Å².